The molecule has 0 saturated carbocycles. The van der Waals surface area contributed by atoms with Crippen molar-refractivity contribution in [3.8, 4) is 0 Å². The van der Waals surface area contributed by atoms with E-state index in [9.17, 15) is 22.0 Å². The molecule has 1 aromatic heterocycles. The van der Waals surface area contributed by atoms with Gasteiger partial charge in [0.25, 0.3) is 10.0 Å². The van der Waals surface area contributed by atoms with Crippen LogP contribution in [0.15, 0.2) is 41.6 Å². The van der Waals surface area contributed by atoms with Gasteiger partial charge in [0.2, 0.25) is 0 Å². The fourth-order valence-electron chi connectivity index (χ4n) is 1.44. The topological polar surface area (TPSA) is 96.4 Å². The fourth-order valence-corrected chi connectivity index (χ4v) is 2.43. The zero-order valence-corrected chi connectivity index (χ0v) is 11.1. The van der Waals surface area contributed by atoms with Crippen LogP contribution < -0.4 is 4.72 Å². The smallest absolute Gasteiger partial charge is 0.337 e. The highest BCUT2D eigenvalue weighted by atomic mass is 32.2. The molecule has 0 spiro atoms. The summed E-state index contributed by atoms with van der Waals surface area (Å²) in [5.74, 6) is -3.04. The molecule has 2 aromatic rings. The van der Waals surface area contributed by atoms with Gasteiger partial charge < -0.3 is 5.11 Å². The van der Waals surface area contributed by atoms with Gasteiger partial charge in [-0.05, 0) is 24.3 Å². The van der Waals surface area contributed by atoms with Gasteiger partial charge in [-0.15, -0.1) is 0 Å². The van der Waals surface area contributed by atoms with Crippen molar-refractivity contribution in [1.82, 2.24) is 4.98 Å². The lowest BCUT2D eigenvalue weighted by Gasteiger charge is -2.08. The second-order valence-electron chi connectivity index (χ2n) is 3.92. The van der Waals surface area contributed by atoms with Crippen LogP contribution in [0.2, 0.25) is 0 Å². The predicted molar refractivity (Wildman–Crippen MR) is 68.4 cm³/mol. The zero-order valence-electron chi connectivity index (χ0n) is 10.2. The van der Waals surface area contributed by atoms with Gasteiger partial charge in [0.1, 0.15) is 11.6 Å². The highest BCUT2D eigenvalue weighted by molar-refractivity contribution is 7.92. The Morgan fingerprint density at radius 3 is 2.48 bits per heavy atom. The molecule has 0 fully saturated rings. The molecule has 0 unspecified atom stereocenters. The van der Waals surface area contributed by atoms with Gasteiger partial charge in [-0.1, -0.05) is 0 Å². The summed E-state index contributed by atoms with van der Waals surface area (Å²) in [6.07, 6.45) is 0.846. The number of benzene rings is 1. The summed E-state index contributed by atoms with van der Waals surface area (Å²) in [5, 5.41) is 8.17. The second-order valence-corrected chi connectivity index (χ2v) is 5.55. The van der Waals surface area contributed by atoms with E-state index in [1.165, 1.54) is 0 Å². The standard InChI is InChI=1S/C12H8F2N2O4S/c13-8-2-3-9(14)10(5-8)16-21(19,20)11-4-1-7(6-15-11)12(17)18/h1-6,16H,(H,17,18). The Morgan fingerprint density at radius 1 is 1.19 bits per heavy atom. The van der Waals surface area contributed by atoms with Crippen LogP contribution in [-0.2, 0) is 10.0 Å². The Hall–Kier alpha value is -2.55. The summed E-state index contributed by atoms with van der Waals surface area (Å²) in [6.45, 7) is 0. The monoisotopic (exact) mass is 314 g/mol. The molecule has 0 aliphatic rings. The Balaban J connectivity index is 2.34. The first kappa shape index (κ1) is 14.9. The summed E-state index contributed by atoms with van der Waals surface area (Å²) in [6, 6.07) is 4.27. The lowest BCUT2D eigenvalue weighted by atomic mass is 10.3. The Kier molecular flexibility index (Phi) is 3.85. The van der Waals surface area contributed by atoms with Crippen LogP contribution in [0.25, 0.3) is 0 Å². The van der Waals surface area contributed by atoms with Crippen molar-refractivity contribution in [3.05, 3.63) is 53.7 Å². The number of hydrogen-bond donors (Lipinski definition) is 2. The number of rotatable bonds is 4. The molecule has 1 aromatic carbocycles. The number of halogens is 2. The van der Waals surface area contributed by atoms with Crippen LogP contribution in [0.5, 0.6) is 0 Å². The lowest BCUT2D eigenvalue weighted by molar-refractivity contribution is 0.0696. The average Bonchev–Trinajstić information content (AvgIpc) is 2.43. The predicted octanol–water partition coefficient (Wildman–Crippen LogP) is 1.86. The SMILES string of the molecule is O=C(O)c1ccc(S(=O)(=O)Nc2cc(F)ccc2F)nc1. The van der Waals surface area contributed by atoms with Gasteiger partial charge in [0.05, 0.1) is 11.3 Å². The van der Waals surface area contributed by atoms with Crippen LogP contribution in [0.4, 0.5) is 14.5 Å². The van der Waals surface area contributed by atoms with E-state index in [-0.39, 0.29) is 5.56 Å². The van der Waals surface area contributed by atoms with Crippen molar-refractivity contribution in [2.75, 3.05) is 4.72 Å². The molecule has 21 heavy (non-hydrogen) atoms. The van der Waals surface area contributed by atoms with Gasteiger partial charge in [0, 0.05) is 12.3 Å². The molecule has 0 radical (unpaired) electrons. The molecule has 0 aliphatic carbocycles. The van der Waals surface area contributed by atoms with E-state index in [1.54, 1.807) is 0 Å². The maximum atomic E-state index is 13.4. The van der Waals surface area contributed by atoms with E-state index in [4.69, 9.17) is 5.11 Å². The van der Waals surface area contributed by atoms with E-state index in [2.05, 4.69) is 4.98 Å². The number of pyridine rings is 1. The molecule has 110 valence electrons. The van der Waals surface area contributed by atoms with Crippen molar-refractivity contribution >= 4 is 21.7 Å². The molecule has 2 N–H and O–H groups in total. The van der Waals surface area contributed by atoms with Crippen molar-refractivity contribution in [3.63, 3.8) is 0 Å². The van der Waals surface area contributed by atoms with Gasteiger partial charge in [-0.25, -0.2) is 18.6 Å². The molecular formula is C12H8F2N2O4S. The molecule has 0 saturated heterocycles. The number of hydrogen-bond acceptors (Lipinski definition) is 4. The summed E-state index contributed by atoms with van der Waals surface area (Å²) < 4.78 is 52.1. The molecule has 0 aliphatic heterocycles. The number of carboxylic acids is 1. The number of anilines is 1. The third-order valence-electron chi connectivity index (χ3n) is 2.43. The van der Waals surface area contributed by atoms with Gasteiger partial charge in [0.15, 0.2) is 5.03 Å². The second kappa shape index (κ2) is 5.44. The molecule has 0 atom stereocenters. The highest BCUT2D eigenvalue weighted by Gasteiger charge is 2.18. The van der Waals surface area contributed by atoms with Crippen LogP contribution in [-0.4, -0.2) is 24.5 Å². The quantitative estimate of drug-likeness (QED) is 0.898. The van der Waals surface area contributed by atoms with Crippen molar-refractivity contribution in [2.45, 2.75) is 5.03 Å². The van der Waals surface area contributed by atoms with Gasteiger partial charge in [-0.2, -0.15) is 8.42 Å². The lowest BCUT2D eigenvalue weighted by Crippen LogP contribution is -2.16. The minimum absolute atomic E-state index is 0.203. The summed E-state index contributed by atoms with van der Waals surface area (Å²) in [7, 11) is -4.26. The first-order chi connectivity index (χ1) is 9.79. The molecule has 6 nitrogen and oxygen atoms in total. The van der Waals surface area contributed by atoms with E-state index >= 15 is 0 Å². The van der Waals surface area contributed by atoms with Crippen LogP contribution in [0.1, 0.15) is 10.4 Å². The van der Waals surface area contributed by atoms with Crippen LogP contribution >= 0.6 is 0 Å². The highest BCUT2D eigenvalue weighted by Crippen LogP contribution is 2.19. The number of aromatic nitrogens is 1. The van der Waals surface area contributed by atoms with E-state index in [1.807, 2.05) is 4.72 Å². The van der Waals surface area contributed by atoms with Gasteiger partial charge in [-0.3, -0.25) is 4.72 Å². The molecule has 2 rings (SSSR count). The van der Waals surface area contributed by atoms with E-state index in [0.717, 1.165) is 30.5 Å². The van der Waals surface area contributed by atoms with E-state index < -0.39 is 38.3 Å². The number of carbonyl (C=O) groups is 1. The third-order valence-corrected chi connectivity index (χ3v) is 3.71. The number of nitrogens with zero attached hydrogens (tertiary/aromatic N) is 1. The van der Waals surface area contributed by atoms with Gasteiger partial charge >= 0.3 is 5.97 Å². The van der Waals surface area contributed by atoms with E-state index in [0.29, 0.717) is 6.07 Å². The number of carboxylic acid groups (broad SMARTS) is 1. The first-order valence-electron chi connectivity index (χ1n) is 5.47. The zero-order chi connectivity index (χ0) is 15.6. The maximum Gasteiger partial charge on any atom is 0.337 e. The van der Waals surface area contributed by atoms with Crippen molar-refractivity contribution < 1.29 is 27.1 Å². The Labute approximate surface area is 118 Å². The minimum atomic E-state index is -4.26. The Bertz CT molecular complexity index is 791. The maximum absolute atomic E-state index is 13.4. The van der Waals surface area contributed by atoms with Crippen molar-refractivity contribution in [2.24, 2.45) is 0 Å². The Morgan fingerprint density at radius 2 is 1.90 bits per heavy atom. The molecule has 0 amide bonds. The summed E-state index contributed by atoms with van der Waals surface area (Å²) >= 11 is 0. The third kappa shape index (κ3) is 3.31. The average molecular weight is 314 g/mol. The molecular weight excluding hydrogens is 306 g/mol. The van der Waals surface area contributed by atoms with Crippen molar-refractivity contribution in [1.29, 1.82) is 0 Å². The van der Waals surface area contributed by atoms with Crippen LogP contribution in [0, 0.1) is 11.6 Å². The fraction of sp³-hybridized carbons (Fsp3) is 0. The summed E-state index contributed by atoms with van der Waals surface area (Å²) in [4.78, 5) is 14.1. The first-order valence-corrected chi connectivity index (χ1v) is 6.95. The van der Waals surface area contributed by atoms with Crippen LogP contribution in [0.3, 0.4) is 0 Å². The molecule has 9 heteroatoms. The number of aromatic carboxylic acids is 1. The largest absolute Gasteiger partial charge is 0.478 e. The molecule has 0 bridgehead atoms. The minimum Gasteiger partial charge on any atom is -0.478 e. The normalized spacial score (nSPS) is 11.1. The summed E-state index contributed by atoms with van der Waals surface area (Å²) in [5.41, 5.74) is -0.773. The number of sulfonamides is 1. The molecule has 1 heterocycles. The number of nitrogens with one attached hydrogen (secondary N) is 1.